The summed E-state index contributed by atoms with van der Waals surface area (Å²) in [5.41, 5.74) is 4.36. The second kappa shape index (κ2) is 5.98. The molecule has 23 heavy (non-hydrogen) atoms. The molecule has 0 atom stereocenters. The minimum atomic E-state index is -3.46. The summed E-state index contributed by atoms with van der Waals surface area (Å²) >= 11 is 0. The smallest absolute Gasteiger partial charge is 0.243 e. The highest BCUT2D eigenvalue weighted by atomic mass is 32.2. The Morgan fingerprint density at radius 3 is 2.39 bits per heavy atom. The number of hydrogen-bond acceptors (Lipinski definition) is 3. The van der Waals surface area contributed by atoms with Crippen LogP contribution in [0.3, 0.4) is 0 Å². The maximum atomic E-state index is 12.8. The number of benzene rings is 2. The largest absolute Gasteiger partial charge is 0.496 e. The molecule has 3 rings (SSSR count). The van der Waals surface area contributed by atoms with Gasteiger partial charge in [0.1, 0.15) is 5.75 Å². The molecular formula is C18H21NO3S. The summed E-state index contributed by atoms with van der Waals surface area (Å²) in [5.74, 6) is 0.804. The van der Waals surface area contributed by atoms with Gasteiger partial charge in [-0.3, -0.25) is 0 Å². The first-order valence-corrected chi connectivity index (χ1v) is 9.09. The van der Waals surface area contributed by atoms with E-state index in [0.717, 1.165) is 28.9 Å². The number of aryl methyl sites for hydroxylation is 2. The lowest BCUT2D eigenvalue weighted by Crippen LogP contribution is -2.36. The van der Waals surface area contributed by atoms with Crippen LogP contribution in [0.1, 0.15) is 22.3 Å². The van der Waals surface area contributed by atoms with Crippen LogP contribution in [0.15, 0.2) is 41.3 Å². The summed E-state index contributed by atoms with van der Waals surface area (Å²) in [7, 11) is -1.82. The molecule has 0 aliphatic carbocycles. The monoisotopic (exact) mass is 331 g/mol. The highest BCUT2D eigenvalue weighted by molar-refractivity contribution is 7.89. The van der Waals surface area contributed by atoms with E-state index < -0.39 is 10.0 Å². The summed E-state index contributed by atoms with van der Waals surface area (Å²) in [4.78, 5) is 0.352. The van der Waals surface area contributed by atoms with Crippen LogP contribution in [-0.2, 0) is 23.0 Å². The maximum Gasteiger partial charge on any atom is 0.243 e. The molecule has 0 aromatic heterocycles. The van der Waals surface area contributed by atoms with Gasteiger partial charge in [0.25, 0.3) is 0 Å². The van der Waals surface area contributed by atoms with Gasteiger partial charge in [-0.15, -0.1) is 0 Å². The van der Waals surface area contributed by atoms with Crippen molar-refractivity contribution in [1.82, 2.24) is 4.31 Å². The van der Waals surface area contributed by atoms with Crippen LogP contribution in [0, 0.1) is 13.8 Å². The molecule has 0 radical (unpaired) electrons. The zero-order chi connectivity index (χ0) is 16.6. The molecule has 4 nitrogen and oxygen atoms in total. The Morgan fingerprint density at radius 1 is 1.04 bits per heavy atom. The van der Waals surface area contributed by atoms with E-state index in [0.29, 0.717) is 18.0 Å². The lowest BCUT2D eigenvalue weighted by atomic mass is 9.98. The van der Waals surface area contributed by atoms with Crippen LogP contribution in [0.25, 0.3) is 0 Å². The highest BCUT2D eigenvalue weighted by Gasteiger charge is 2.28. The number of methoxy groups -OCH3 is 1. The fraction of sp³-hybridized carbons (Fsp3) is 0.333. The molecule has 0 unspecified atom stereocenters. The van der Waals surface area contributed by atoms with E-state index in [4.69, 9.17) is 4.74 Å². The average Bonchev–Trinajstić information content (AvgIpc) is 2.54. The summed E-state index contributed by atoms with van der Waals surface area (Å²) in [5, 5.41) is 0. The first-order chi connectivity index (χ1) is 10.9. The Morgan fingerprint density at radius 2 is 1.74 bits per heavy atom. The molecule has 0 N–H and O–H groups in total. The van der Waals surface area contributed by atoms with Crippen molar-refractivity contribution in [3.05, 3.63) is 58.7 Å². The Labute approximate surface area is 137 Å². The topological polar surface area (TPSA) is 46.6 Å². The van der Waals surface area contributed by atoms with Gasteiger partial charge in [0.2, 0.25) is 10.0 Å². The maximum absolute atomic E-state index is 12.8. The van der Waals surface area contributed by atoms with Crippen molar-refractivity contribution in [2.45, 2.75) is 31.7 Å². The van der Waals surface area contributed by atoms with Crippen LogP contribution in [0.2, 0.25) is 0 Å². The van der Waals surface area contributed by atoms with E-state index in [2.05, 4.69) is 6.07 Å². The van der Waals surface area contributed by atoms with E-state index in [1.165, 1.54) is 5.56 Å². The van der Waals surface area contributed by atoms with Gasteiger partial charge in [-0.05, 0) is 55.2 Å². The van der Waals surface area contributed by atoms with Crippen molar-refractivity contribution in [3.63, 3.8) is 0 Å². The zero-order valence-corrected chi connectivity index (χ0v) is 14.5. The molecule has 122 valence electrons. The molecule has 0 bridgehead atoms. The third-order valence-electron chi connectivity index (χ3n) is 4.35. The van der Waals surface area contributed by atoms with Gasteiger partial charge in [0.15, 0.2) is 0 Å². The van der Waals surface area contributed by atoms with Gasteiger partial charge in [-0.2, -0.15) is 4.31 Å². The minimum absolute atomic E-state index is 0.352. The summed E-state index contributed by atoms with van der Waals surface area (Å²) < 4.78 is 32.6. The molecule has 1 aliphatic heterocycles. The van der Waals surface area contributed by atoms with Crippen molar-refractivity contribution in [3.8, 4) is 5.75 Å². The Kier molecular flexibility index (Phi) is 4.17. The molecule has 1 aliphatic rings. The Hall–Kier alpha value is -1.85. The van der Waals surface area contributed by atoms with Gasteiger partial charge in [-0.25, -0.2) is 8.42 Å². The summed E-state index contributed by atoms with van der Waals surface area (Å²) in [6.45, 7) is 4.86. The number of fused-ring (bicyclic) bond motifs is 1. The van der Waals surface area contributed by atoms with E-state index in [1.807, 2.05) is 32.0 Å². The summed E-state index contributed by atoms with van der Waals surface area (Å²) in [6, 6.07) is 11.1. The van der Waals surface area contributed by atoms with Gasteiger partial charge in [0.05, 0.1) is 12.0 Å². The SMILES string of the molecule is COc1cc2c(cc1C)CCN(S(=O)(=O)c1ccc(C)cc1)C2. The van der Waals surface area contributed by atoms with Gasteiger partial charge in [-0.1, -0.05) is 23.8 Å². The quantitative estimate of drug-likeness (QED) is 0.868. The molecule has 0 saturated heterocycles. The first kappa shape index (κ1) is 16.0. The van der Waals surface area contributed by atoms with Crippen LogP contribution in [-0.4, -0.2) is 26.4 Å². The standard InChI is InChI=1S/C18H21NO3S/c1-13-4-6-17(7-5-13)23(20,21)19-9-8-15-10-14(2)18(22-3)11-16(15)12-19/h4-7,10-11H,8-9,12H2,1-3H3. The molecule has 1 heterocycles. The number of rotatable bonds is 3. The molecule has 0 amide bonds. The van der Waals surface area contributed by atoms with E-state index in [1.54, 1.807) is 23.5 Å². The van der Waals surface area contributed by atoms with Crippen LogP contribution in [0.4, 0.5) is 0 Å². The van der Waals surface area contributed by atoms with Crippen LogP contribution >= 0.6 is 0 Å². The molecule has 0 fully saturated rings. The number of nitrogens with zero attached hydrogens (tertiary/aromatic N) is 1. The molecule has 5 heteroatoms. The van der Waals surface area contributed by atoms with Crippen molar-refractivity contribution in [2.75, 3.05) is 13.7 Å². The molecular weight excluding hydrogens is 310 g/mol. The highest BCUT2D eigenvalue weighted by Crippen LogP contribution is 2.30. The lowest BCUT2D eigenvalue weighted by Gasteiger charge is -2.29. The predicted molar refractivity (Wildman–Crippen MR) is 90.2 cm³/mol. The fourth-order valence-corrected chi connectivity index (χ4v) is 4.39. The van der Waals surface area contributed by atoms with E-state index >= 15 is 0 Å². The fourth-order valence-electron chi connectivity index (χ4n) is 2.97. The van der Waals surface area contributed by atoms with Crippen molar-refractivity contribution < 1.29 is 13.2 Å². The third-order valence-corrected chi connectivity index (χ3v) is 6.21. The van der Waals surface area contributed by atoms with E-state index in [-0.39, 0.29) is 0 Å². The van der Waals surface area contributed by atoms with Gasteiger partial charge in [0, 0.05) is 13.1 Å². The van der Waals surface area contributed by atoms with Gasteiger partial charge >= 0.3 is 0 Å². The molecule has 2 aromatic rings. The van der Waals surface area contributed by atoms with Crippen molar-refractivity contribution in [1.29, 1.82) is 0 Å². The number of sulfonamides is 1. The Bertz CT molecular complexity index is 826. The second-order valence-electron chi connectivity index (χ2n) is 5.99. The van der Waals surface area contributed by atoms with Crippen molar-refractivity contribution >= 4 is 10.0 Å². The van der Waals surface area contributed by atoms with Gasteiger partial charge < -0.3 is 4.74 Å². The Balaban J connectivity index is 1.93. The lowest BCUT2D eigenvalue weighted by molar-refractivity contribution is 0.384. The van der Waals surface area contributed by atoms with Crippen LogP contribution in [0.5, 0.6) is 5.75 Å². The number of ether oxygens (including phenoxy) is 1. The zero-order valence-electron chi connectivity index (χ0n) is 13.7. The molecule has 0 spiro atoms. The summed E-state index contributed by atoms with van der Waals surface area (Å²) in [6.07, 6.45) is 0.727. The normalized spacial score (nSPS) is 15.3. The molecule has 2 aromatic carbocycles. The van der Waals surface area contributed by atoms with E-state index in [9.17, 15) is 8.42 Å². The molecule has 0 saturated carbocycles. The average molecular weight is 331 g/mol. The number of hydrogen-bond donors (Lipinski definition) is 0. The first-order valence-electron chi connectivity index (χ1n) is 7.65. The van der Waals surface area contributed by atoms with Crippen molar-refractivity contribution in [2.24, 2.45) is 0 Å². The minimum Gasteiger partial charge on any atom is -0.496 e. The predicted octanol–water partition coefficient (Wildman–Crippen LogP) is 3.06. The van der Waals surface area contributed by atoms with Crippen LogP contribution < -0.4 is 4.74 Å². The second-order valence-corrected chi connectivity index (χ2v) is 7.93. The third kappa shape index (κ3) is 2.99.